The summed E-state index contributed by atoms with van der Waals surface area (Å²) in [6.07, 6.45) is 1.15. The van der Waals surface area contributed by atoms with Crippen LogP contribution < -0.4 is 29.6 Å². The Morgan fingerprint density at radius 3 is 1.29 bits per heavy atom. The molecule has 5 aliphatic heterocycles. The van der Waals surface area contributed by atoms with Gasteiger partial charge in [-0.2, -0.15) is 48.3 Å². The minimum absolute atomic E-state index is 0. The number of ether oxygens (including phenoxy) is 8. The van der Waals surface area contributed by atoms with Crippen molar-refractivity contribution >= 4 is 92.7 Å². The fourth-order valence-corrected chi connectivity index (χ4v) is 8.25. The van der Waals surface area contributed by atoms with Crippen LogP contribution in [0, 0.1) is 0 Å². The molecule has 0 saturated carbocycles. The molecular weight excluding hydrogens is 1390 g/mol. The molecule has 0 spiro atoms. The van der Waals surface area contributed by atoms with Gasteiger partial charge in [0, 0.05) is 68.0 Å². The van der Waals surface area contributed by atoms with Gasteiger partial charge in [-0.25, -0.2) is 19.2 Å². The summed E-state index contributed by atoms with van der Waals surface area (Å²) in [7, 11) is -0.171. The number of esters is 4. The molecule has 498 valence electrons. The van der Waals surface area contributed by atoms with Crippen LogP contribution in [0.1, 0.15) is 146 Å². The molecule has 0 amide bonds. The molecule has 0 aromatic heterocycles. The van der Waals surface area contributed by atoms with E-state index in [9.17, 15) is 77.4 Å². The average molecular weight is 1480 g/mol. The minimum atomic E-state index is -4.64. The predicted octanol–water partition coefficient (Wildman–Crippen LogP) is 10.4. The molecule has 18 nitrogen and oxygen atoms in total. The van der Waals surface area contributed by atoms with Crippen LogP contribution >= 0.6 is 47.8 Å². The normalized spacial score (nSPS) is 19.9. The van der Waals surface area contributed by atoms with Gasteiger partial charge in [0.1, 0.15) is 12.2 Å². The van der Waals surface area contributed by atoms with E-state index in [1.165, 1.54) is 51.7 Å². The van der Waals surface area contributed by atoms with Crippen LogP contribution in [-0.2, 0) is 66.7 Å². The van der Waals surface area contributed by atoms with Crippen molar-refractivity contribution < 1.29 is 160 Å². The molecule has 4 unspecified atom stereocenters. The fraction of sp³-hybridized carbons (Fsp3) is 0.880. The van der Waals surface area contributed by atoms with E-state index in [1.54, 1.807) is 0 Å². The SMILES string of the molecule is BrCCBr.C.CC1CCCO1.CCOC(=O)C(F)(F)Br.CCOC(=O)C(F)(F)C1(O)CCCCO1.CCOC(=O)C(F)(F)C1CCCCO1.CC[SiH](CC)CC.O=C(O)C(F)(F)C1CCCCO1.O=C1CCCCO1.O=CC(F)(F)F.[NH-]O.[Na+]. The van der Waals surface area contributed by atoms with Crippen molar-refractivity contribution in [3.63, 3.8) is 0 Å². The van der Waals surface area contributed by atoms with E-state index in [-0.39, 0.29) is 104 Å². The van der Waals surface area contributed by atoms with E-state index in [1.807, 2.05) is 15.9 Å². The number of cyclic esters (lactones) is 1. The number of alkyl halides is 14. The molecule has 5 fully saturated rings. The van der Waals surface area contributed by atoms with Gasteiger partial charge in [-0.15, -0.1) is 0 Å². The molecule has 0 bridgehead atoms. The third-order valence-electron chi connectivity index (χ3n) is 10.9. The third kappa shape index (κ3) is 47.6. The van der Waals surface area contributed by atoms with Crippen molar-refractivity contribution in [2.45, 2.75) is 217 Å². The number of rotatable bonds is 14. The maximum Gasteiger partial charge on any atom is 1.00 e. The van der Waals surface area contributed by atoms with E-state index < -0.39 is 76.9 Å². The zero-order valence-electron chi connectivity index (χ0n) is 48.3. The second-order valence-electron chi connectivity index (χ2n) is 17.2. The Morgan fingerprint density at radius 2 is 1.05 bits per heavy atom. The number of aliphatic hydroxyl groups is 1. The molecule has 84 heavy (non-hydrogen) atoms. The van der Waals surface area contributed by atoms with Crippen LogP contribution in [0.25, 0.3) is 5.90 Å². The summed E-state index contributed by atoms with van der Waals surface area (Å²) in [5, 5.41) is 26.0. The maximum atomic E-state index is 13.4. The molecule has 5 rings (SSSR count). The van der Waals surface area contributed by atoms with Gasteiger partial charge in [0.15, 0.2) is 0 Å². The first-order valence-electron chi connectivity index (χ1n) is 26.4. The molecule has 5 heterocycles. The van der Waals surface area contributed by atoms with Gasteiger partial charge >= 0.3 is 88.2 Å². The van der Waals surface area contributed by atoms with E-state index in [0.717, 1.165) is 43.0 Å². The maximum absolute atomic E-state index is 13.4. The topological polar surface area (TPSA) is 261 Å². The van der Waals surface area contributed by atoms with Crippen molar-refractivity contribution in [3.05, 3.63) is 5.90 Å². The fourth-order valence-electron chi connectivity index (χ4n) is 6.41. The molecule has 34 heteroatoms. The smallest absolute Gasteiger partial charge is 0.553 e. The predicted molar refractivity (Wildman–Crippen MR) is 299 cm³/mol. The van der Waals surface area contributed by atoms with Crippen LogP contribution in [0.4, 0.5) is 48.3 Å². The summed E-state index contributed by atoms with van der Waals surface area (Å²) in [6, 6.07) is 4.48. The zero-order chi connectivity index (χ0) is 64.7. The van der Waals surface area contributed by atoms with Gasteiger partial charge in [0.25, 0.3) is 0 Å². The van der Waals surface area contributed by atoms with Crippen molar-refractivity contribution in [2.75, 3.05) is 63.5 Å². The van der Waals surface area contributed by atoms with Crippen LogP contribution in [0.3, 0.4) is 0 Å². The Labute approximate surface area is 535 Å². The number of hydrogen-bond donors (Lipinski definition) is 3. The van der Waals surface area contributed by atoms with Gasteiger partial charge in [0.05, 0.1) is 39.1 Å². The molecule has 5 saturated heterocycles. The number of carbonyl (C=O) groups excluding carboxylic acids is 5. The summed E-state index contributed by atoms with van der Waals surface area (Å²) >= 11 is 8.24. The minimum Gasteiger partial charge on any atom is -0.553 e. The molecule has 4 N–H and O–H groups in total. The Morgan fingerprint density at radius 1 is 0.643 bits per heavy atom. The van der Waals surface area contributed by atoms with Gasteiger partial charge in [-0.3, -0.25) is 9.59 Å². The van der Waals surface area contributed by atoms with Crippen LogP contribution in [0.2, 0.25) is 18.1 Å². The Hall–Kier alpha value is -1.37. The van der Waals surface area contributed by atoms with Crippen LogP contribution in [0.5, 0.6) is 0 Å². The summed E-state index contributed by atoms with van der Waals surface area (Å²) < 4.78 is 170. The quantitative estimate of drug-likeness (QED) is 0.0278. The number of aldehydes is 1. The van der Waals surface area contributed by atoms with Crippen molar-refractivity contribution in [2.24, 2.45) is 0 Å². The third-order valence-corrected chi connectivity index (χ3v) is 16.6. The standard InChI is InChI=1S/C9H14F2O4.C9H14F2O3.C7H10F2O3.C6H16Si.C5H8O2.C5H10O.C4H5BrF2O2.C2H4Br2.C2HF3O.CH4.H2NO.Na/c1-2-14-7(12)9(10,11)8(13)5-3-4-6-15-8;1-2-13-8(12)9(10,11)7-5-3-4-6-14-7;8-7(9,6(10)11)5-3-1-2-4-12-5;1-4-7(5-2)6-3;6-5-3-1-2-4-7-5;1-5-3-2-4-6-5;1-2-9-3(8)4(5,6)7;3-1-2-4;3-2(4,5)1-6;;1-2;/h13H,2-6H2,1H3;7H,2-6H2,1H3;5H,1-4H2,(H,10,11);7H,4-6H2,1-3H3;1-4H2;5H,2-4H2,1H3;2H2,1H3;1-2H2;1H;1H4;1-2H;/q;;;;;;;;;;-1;+1. The average Bonchev–Trinajstić information content (AvgIpc) is 3.94. The van der Waals surface area contributed by atoms with Gasteiger partial charge in [-0.1, -0.05) is 78.2 Å². The van der Waals surface area contributed by atoms with Gasteiger partial charge in [0.2, 0.25) is 12.1 Å². The second kappa shape index (κ2) is 55.7. The molecule has 5 aliphatic rings. The van der Waals surface area contributed by atoms with E-state index >= 15 is 0 Å². The summed E-state index contributed by atoms with van der Waals surface area (Å²) in [6.45, 7) is 15.4. The molecule has 0 radical (unpaired) electrons. The molecular formula is C50H88Br3F11NNaO17Si. The van der Waals surface area contributed by atoms with Crippen molar-refractivity contribution in [1.82, 2.24) is 0 Å². The summed E-state index contributed by atoms with van der Waals surface area (Å²) in [4.78, 5) is 57.4. The molecule has 0 aromatic rings. The van der Waals surface area contributed by atoms with E-state index in [2.05, 4.69) is 88.0 Å². The number of nitrogens with one attached hydrogen (secondary N) is 1. The first-order chi connectivity index (χ1) is 38.2. The van der Waals surface area contributed by atoms with Crippen molar-refractivity contribution in [3.8, 4) is 0 Å². The van der Waals surface area contributed by atoms with Crippen LogP contribution in [0.15, 0.2) is 0 Å². The monoisotopic (exact) mass is 1470 g/mol. The number of carboxylic acids is 1. The van der Waals surface area contributed by atoms with E-state index in [4.69, 9.17) is 30.5 Å². The van der Waals surface area contributed by atoms with Gasteiger partial charge in [-0.05, 0) is 105 Å². The molecule has 0 aliphatic carbocycles. The summed E-state index contributed by atoms with van der Waals surface area (Å²) in [5.74, 6) is -16.1. The molecule has 4 atom stereocenters. The Kier molecular flexibility index (Phi) is 63.8. The van der Waals surface area contributed by atoms with Crippen LogP contribution in [-0.4, -0.2) is 177 Å². The number of carbonyl (C=O) groups is 6. The number of carboxylic acid groups (broad SMARTS) is 1. The first kappa shape index (κ1) is 96.3. The first-order valence-corrected chi connectivity index (χ1v) is 31.8. The van der Waals surface area contributed by atoms with E-state index in [0.29, 0.717) is 51.4 Å². The number of hydrogen-bond acceptors (Lipinski definition) is 16. The summed E-state index contributed by atoms with van der Waals surface area (Å²) in [5.41, 5.74) is 0. The number of aliphatic carboxylic acids is 1. The Bertz CT molecular complexity index is 1630. The largest absolute Gasteiger partial charge is 1.00 e. The Balaban J connectivity index is -0.000000162. The molecule has 0 aromatic carbocycles. The van der Waals surface area contributed by atoms with Crippen molar-refractivity contribution in [1.29, 1.82) is 0 Å². The zero-order valence-corrected chi connectivity index (χ0v) is 56.2. The van der Waals surface area contributed by atoms with Gasteiger partial charge < -0.3 is 59.2 Å². The number of halogens is 14. The second-order valence-corrected chi connectivity index (χ2v) is 24.0.